The van der Waals surface area contributed by atoms with Crippen molar-refractivity contribution in [3.8, 4) is 11.5 Å². The fourth-order valence-corrected chi connectivity index (χ4v) is 5.46. The number of carbonyl (C=O) groups is 2. The number of unbranched alkanes of at least 4 members (excludes halogenated alkanes) is 4. The molecule has 0 atom stereocenters. The molecule has 42 heavy (non-hydrogen) atoms. The van der Waals surface area contributed by atoms with Crippen LogP contribution in [0.4, 0.5) is 0 Å². The number of carbonyl (C=O) groups excluding carboxylic acids is 2. The first-order valence-corrected chi connectivity index (χ1v) is 16.5. The van der Waals surface area contributed by atoms with Crippen LogP contribution in [-0.4, -0.2) is 35.4 Å². The molecule has 1 aromatic rings. The first kappa shape index (κ1) is 37.8. The van der Waals surface area contributed by atoms with E-state index in [1.54, 1.807) is 12.1 Å². The van der Waals surface area contributed by atoms with Crippen molar-refractivity contribution in [2.24, 2.45) is 11.8 Å². The van der Waals surface area contributed by atoms with Crippen molar-refractivity contribution in [2.45, 2.75) is 156 Å². The minimum Gasteiger partial charge on any atom is -0.508 e. The summed E-state index contributed by atoms with van der Waals surface area (Å²) in [5.41, 5.74) is 0.463. The van der Waals surface area contributed by atoms with Crippen molar-refractivity contribution >= 4 is 11.9 Å². The Morgan fingerprint density at radius 1 is 0.619 bits per heavy atom. The summed E-state index contributed by atoms with van der Waals surface area (Å²) < 4.78 is 10.8. The minimum atomic E-state index is -0.431. The van der Waals surface area contributed by atoms with Gasteiger partial charge in [-0.25, -0.2) is 0 Å². The lowest BCUT2D eigenvalue weighted by molar-refractivity contribution is -0.144. The molecule has 0 saturated heterocycles. The number of rotatable bonds is 22. The summed E-state index contributed by atoms with van der Waals surface area (Å²) in [7, 11) is 0. The van der Waals surface area contributed by atoms with Crippen molar-refractivity contribution in [1.82, 2.24) is 0 Å². The third-order valence-electron chi connectivity index (χ3n) is 8.32. The monoisotopic (exact) mass is 590 g/mol. The highest BCUT2D eigenvalue weighted by atomic mass is 16.5. The van der Waals surface area contributed by atoms with Gasteiger partial charge in [0.25, 0.3) is 0 Å². The fourth-order valence-electron chi connectivity index (χ4n) is 5.46. The summed E-state index contributed by atoms with van der Waals surface area (Å²) in [5, 5.41) is 21.9. The zero-order chi connectivity index (χ0) is 31.8. The third-order valence-corrected chi connectivity index (χ3v) is 8.32. The summed E-state index contributed by atoms with van der Waals surface area (Å²) in [5.74, 6) is 1.35. The van der Waals surface area contributed by atoms with E-state index in [0.29, 0.717) is 74.7 Å². The molecule has 0 aliphatic carbocycles. The molecule has 0 aliphatic heterocycles. The second-order valence-electron chi connectivity index (χ2n) is 14.3. The average Bonchev–Trinajstić information content (AvgIpc) is 2.88. The predicted molar refractivity (Wildman–Crippen MR) is 172 cm³/mol. The molecule has 242 valence electrons. The molecule has 0 spiro atoms. The molecule has 6 nitrogen and oxygen atoms in total. The first-order chi connectivity index (χ1) is 19.7. The molecule has 0 heterocycles. The van der Waals surface area contributed by atoms with Gasteiger partial charge in [0.15, 0.2) is 0 Å². The van der Waals surface area contributed by atoms with Crippen LogP contribution in [0.15, 0.2) is 12.1 Å². The number of benzene rings is 1. The van der Waals surface area contributed by atoms with Crippen LogP contribution in [0.25, 0.3) is 0 Å². The first-order valence-electron chi connectivity index (χ1n) is 16.5. The molecule has 0 amide bonds. The van der Waals surface area contributed by atoms with E-state index < -0.39 is 10.8 Å². The Kier molecular flexibility index (Phi) is 17.2. The standard InChI is InChI=1S/C36H62O6/c1-27(2)17-11-9-13-23-41-33(39)19-15-21-35(5,6)29-25-32(38)30(26-31(29)37)36(7,8)22-16-20-34(40)42-24-14-10-12-18-28(3)4/h25-28,37-38H,9-24H2,1-8H3. The molecule has 0 saturated carbocycles. The number of ether oxygens (including phenoxy) is 2. The van der Waals surface area contributed by atoms with Crippen LogP contribution in [0.2, 0.25) is 0 Å². The summed E-state index contributed by atoms with van der Waals surface area (Å²) in [6.45, 7) is 17.9. The van der Waals surface area contributed by atoms with E-state index >= 15 is 0 Å². The van der Waals surface area contributed by atoms with Gasteiger partial charge in [-0.2, -0.15) is 0 Å². The van der Waals surface area contributed by atoms with Crippen LogP contribution < -0.4 is 0 Å². The Bertz CT molecular complexity index is 855. The van der Waals surface area contributed by atoms with Crippen LogP contribution in [0, 0.1) is 11.8 Å². The number of aromatic hydroxyl groups is 2. The Morgan fingerprint density at radius 3 is 1.31 bits per heavy atom. The molecule has 0 bridgehead atoms. The summed E-state index contributed by atoms with van der Waals surface area (Å²) in [6, 6.07) is 3.32. The number of esters is 2. The van der Waals surface area contributed by atoms with Gasteiger partial charge in [0.05, 0.1) is 13.2 Å². The molecule has 1 rings (SSSR count). The van der Waals surface area contributed by atoms with Crippen LogP contribution >= 0.6 is 0 Å². The van der Waals surface area contributed by atoms with Gasteiger partial charge in [0, 0.05) is 24.0 Å². The van der Waals surface area contributed by atoms with Crippen LogP contribution in [-0.2, 0) is 29.9 Å². The van der Waals surface area contributed by atoms with Gasteiger partial charge in [0.2, 0.25) is 0 Å². The Balaban J connectivity index is 2.53. The van der Waals surface area contributed by atoms with Crippen LogP contribution in [0.1, 0.15) is 156 Å². The fraction of sp³-hybridized carbons (Fsp3) is 0.778. The van der Waals surface area contributed by atoms with E-state index in [1.165, 1.54) is 25.7 Å². The van der Waals surface area contributed by atoms with Gasteiger partial charge < -0.3 is 19.7 Å². The molecule has 2 N–H and O–H groups in total. The van der Waals surface area contributed by atoms with Gasteiger partial charge in [0.1, 0.15) is 11.5 Å². The van der Waals surface area contributed by atoms with Gasteiger partial charge in [-0.3, -0.25) is 9.59 Å². The molecule has 0 unspecified atom stereocenters. The maximum absolute atomic E-state index is 12.2. The number of hydrogen-bond donors (Lipinski definition) is 2. The van der Waals surface area contributed by atoms with Crippen molar-refractivity contribution in [1.29, 1.82) is 0 Å². The lowest BCUT2D eigenvalue weighted by atomic mass is 9.75. The van der Waals surface area contributed by atoms with Crippen molar-refractivity contribution in [3.63, 3.8) is 0 Å². The average molecular weight is 591 g/mol. The molecule has 0 fully saturated rings. The highest BCUT2D eigenvalue weighted by Gasteiger charge is 2.30. The van der Waals surface area contributed by atoms with Gasteiger partial charge in [-0.1, -0.05) is 93.9 Å². The van der Waals surface area contributed by atoms with Crippen molar-refractivity contribution < 1.29 is 29.3 Å². The van der Waals surface area contributed by atoms with Crippen molar-refractivity contribution in [2.75, 3.05) is 13.2 Å². The van der Waals surface area contributed by atoms with Gasteiger partial charge in [-0.05, 0) is 73.3 Å². The quantitative estimate of drug-likeness (QED) is 0.0793. The van der Waals surface area contributed by atoms with Gasteiger partial charge in [-0.15, -0.1) is 0 Å². The lowest BCUT2D eigenvalue weighted by Crippen LogP contribution is -2.21. The van der Waals surface area contributed by atoms with Crippen molar-refractivity contribution in [3.05, 3.63) is 23.3 Å². The maximum Gasteiger partial charge on any atom is 0.305 e. The number of phenols is 2. The number of hydrogen-bond acceptors (Lipinski definition) is 6. The predicted octanol–water partition coefficient (Wildman–Crippen LogP) is 9.51. The second kappa shape index (κ2) is 19.1. The highest BCUT2D eigenvalue weighted by molar-refractivity contribution is 5.69. The zero-order valence-corrected chi connectivity index (χ0v) is 28.2. The molecular weight excluding hydrogens is 528 g/mol. The SMILES string of the molecule is CC(C)CCCCCOC(=O)CCCC(C)(C)c1cc(O)c(C(C)(C)CCCC(=O)OCCCCCC(C)C)cc1O. The van der Waals surface area contributed by atoms with E-state index in [-0.39, 0.29) is 23.4 Å². The van der Waals surface area contributed by atoms with Crippen LogP contribution in [0.5, 0.6) is 11.5 Å². The molecule has 6 heteroatoms. The normalized spacial score (nSPS) is 12.2. The zero-order valence-electron chi connectivity index (χ0n) is 28.2. The summed E-state index contributed by atoms with van der Waals surface area (Å²) in [6.07, 6.45) is 12.0. The Labute approximate surface area is 257 Å². The maximum atomic E-state index is 12.2. The smallest absolute Gasteiger partial charge is 0.305 e. The van der Waals surface area contributed by atoms with Gasteiger partial charge >= 0.3 is 11.9 Å². The minimum absolute atomic E-state index is 0.140. The Morgan fingerprint density at radius 2 is 0.976 bits per heavy atom. The van der Waals surface area contributed by atoms with E-state index in [4.69, 9.17) is 9.47 Å². The van der Waals surface area contributed by atoms with E-state index in [0.717, 1.165) is 25.7 Å². The van der Waals surface area contributed by atoms with E-state index in [1.807, 2.05) is 27.7 Å². The van der Waals surface area contributed by atoms with Crippen LogP contribution in [0.3, 0.4) is 0 Å². The third kappa shape index (κ3) is 15.3. The summed E-state index contributed by atoms with van der Waals surface area (Å²) in [4.78, 5) is 24.4. The largest absolute Gasteiger partial charge is 0.508 e. The molecule has 0 radical (unpaired) electrons. The molecule has 0 aliphatic rings. The summed E-state index contributed by atoms with van der Waals surface area (Å²) >= 11 is 0. The highest BCUT2D eigenvalue weighted by Crippen LogP contribution is 2.43. The molecule has 1 aromatic carbocycles. The van der Waals surface area contributed by atoms with E-state index in [2.05, 4.69) is 27.7 Å². The topological polar surface area (TPSA) is 93.1 Å². The lowest BCUT2D eigenvalue weighted by Gasteiger charge is -2.30. The number of phenolic OH excluding ortho intramolecular Hbond substituents is 2. The Hall–Kier alpha value is -2.24. The molecular formula is C36H62O6. The van der Waals surface area contributed by atoms with E-state index in [9.17, 15) is 19.8 Å². The molecule has 0 aromatic heterocycles. The second-order valence-corrected chi connectivity index (χ2v) is 14.3.